The van der Waals surface area contributed by atoms with Gasteiger partial charge in [0.15, 0.2) is 0 Å². The summed E-state index contributed by atoms with van der Waals surface area (Å²) in [6.07, 6.45) is 2.28. The lowest BCUT2D eigenvalue weighted by Crippen LogP contribution is -2.50. The van der Waals surface area contributed by atoms with Crippen LogP contribution >= 0.6 is 11.6 Å². The number of H-pyrrole nitrogens is 1. The van der Waals surface area contributed by atoms with Gasteiger partial charge in [-0.1, -0.05) is 24.6 Å². The van der Waals surface area contributed by atoms with Gasteiger partial charge in [-0.3, -0.25) is 0 Å². The lowest BCUT2D eigenvalue weighted by atomic mass is 9.87. The van der Waals surface area contributed by atoms with Gasteiger partial charge in [-0.25, -0.2) is 22.7 Å². The number of hydrogen-bond donors (Lipinski definition) is 1. The second-order valence-electron chi connectivity index (χ2n) is 10.0. The smallest absolute Gasteiger partial charge is 0.391 e. The first-order valence-corrected chi connectivity index (χ1v) is 14.5. The Bertz CT molecular complexity index is 1500. The number of nitrogens with zero attached hydrogens (tertiary/aromatic N) is 4. The third-order valence-electron chi connectivity index (χ3n) is 7.72. The van der Waals surface area contributed by atoms with Crippen LogP contribution in [0.1, 0.15) is 54.3 Å². The fourth-order valence-corrected chi connectivity index (χ4v) is 7.55. The zero-order valence-electron chi connectivity index (χ0n) is 21.6. The van der Waals surface area contributed by atoms with Crippen molar-refractivity contribution in [2.75, 3.05) is 37.7 Å². The molecule has 0 amide bonds. The Morgan fingerprint density at radius 1 is 1.16 bits per heavy atom. The van der Waals surface area contributed by atoms with Gasteiger partial charge in [0.25, 0.3) is 0 Å². The van der Waals surface area contributed by atoms with Crippen molar-refractivity contribution in [3.8, 4) is 0 Å². The molecule has 0 aliphatic carbocycles. The largest absolute Gasteiger partial charge is 0.434 e. The van der Waals surface area contributed by atoms with E-state index >= 15 is 4.39 Å². The standard InChI is InChI=1S/C26H31ClFN5O4S/c1-16-6-8-20(28)23(17(16)2)18(3)24(25-29-30-26(34)37-25)33-15-32(13-12-31-10-4-5-11-31)21-14-19(27)7-9-22(21)38(33,35)36/h6-9,14,18,24H,4-5,10-13,15H2,1-3H3,(H,30,34)/t18-,24+/m1/s1. The summed E-state index contributed by atoms with van der Waals surface area (Å²) in [5.74, 6) is -2.13. The van der Waals surface area contributed by atoms with Gasteiger partial charge in [0, 0.05) is 24.0 Å². The molecule has 9 nitrogen and oxygen atoms in total. The molecule has 1 N–H and O–H groups in total. The Kier molecular flexibility index (Phi) is 7.38. The molecule has 204 valence electrons. The van der Waals surface area contributed by atoms with Crippen molar-refractivity contribution in [1.29, 1.82) is 0 Å². The molecule has 12 heteroatoms. The van der Waals surface area contributed by atoms with E-state index in [4.69, 9.17) is 16.0 Å². The number of anilines is 1. The summed E-state index contributed by atoms with van der Waals surface area (Å²) in [5, 5.41) is 6.68. The summed E-state index contributed by atoms with van der Waals surface area (Å²) in [4.78, 5) is 16.4. The number of nitrogens with one attached hydrogen (secondary N) is 1. The number of benzene rings is 2. The molecule has 1 fully saturated rings. The molecule has 2 atom stereocenters. The van der Waals surface area contributed by atoms with Crippen LogP contribution in [-0.2, 0) is 10.0 Å². The van der Waals surface area contributed by atoms with Gasteiger partial charge in [0.05, 0.1) is 12.4 Å². The van der Waals surface area contributed by atoms with Crippen molar-refractivity contribution in [1.82, 2.24) is 19.4 Å². The SMILES string of the molecule is Cc1ccc(F)c([C@@H](C)[C@@H](c2n[nH]c(=O)o2)N2CN(CCN3CCCC3)c3cc(Cl)ccc3S2(=O)=O)c1C. The first-order chi connectivity index (χ1) is 18.1. The summed E-state index contributed by atoms with van der Waals surface area (Å²) in [6, 6.07) is 6.65. The molecule has 1 aromatic heterocycles. The van der Waals surface area contributed by atoms with Crippen LogP contribution in [-0.4, -0.2) is 60.7 Å². The summed E-state index contributed by atoms with van der Waals surface area (Å²) < 4.78 is 50.1. The Hall–Kier alpha value is -2.73. The maximum atomic E-state index is 15.3. The second-order valence-corrected chi connectivity index (χ2v) is 12.3. The highest BCUT2D eigenvalue weighted by Gasteiger charge is 2.45. The molecule has 0 unspecified atom stereocenters. The number of likely N-dealkylation sites (tertiary alicyclic amines) is 1. The number of fused-ring (bicyclic) bond motifs is 1. The number of aromatic amines is 1. The first kappa shape index (κ1) is 26.9. The zero-order valence-corrected chi connectivity index (χ0v) is 23.1. The van der Waals surface area contributed by atoms with Crippen molar-refractivity contribution in [3.63, 3.8) is 0 Å². The topological polar surface area (TPSA) is 103 Å². The first-order valence-electron chi connectivity index (χ1n) is 12.7. The number of halogens is 2. The Morgan fingerprint density at radius 2 is 1.89 bits per heavy atom. The minimum atomic E-state index is -4.12. The van der Waals surface area contributed by atoms with E-state index in [0.29, 0.717) is 28.4 Å². The predicted octanol–water partition coefficient (Wildman–Crippen LogP) is 4.18. The Morgan fingerprint density at radius 3 is 2.58 bits per heavy atom. The van der Waals surface area contributed by atoms with Crippen molar-refractivity contribution >= 4 is 27.3 Å². The average Bonchev–Trinajstić information content (AvgIpc) is 3.54. The van der Waals surface area contributed by atoms with E-state index < -0.39 is 33.6 Å². The minimum absolute atomic E-state index is 0.0401. The maximum Gasteiger partial charge on any atom is 0.434 e. The van der Waals surface area contributed by atoms with E-state index in [2.05, 4.69) is 15.1 Å². The molecule has 0 radical (unpaired) electrons. The van der Waals surface area contributed by atoms with Crippen LogP contribution in [0.25, 0.3) is 0 Å². The molecule has 0 saturated carbocycles. The average molecular weight is 564 g/mol. The van der Waals surface area contributed by atoms with E-state index in [1.165, 1.54) is 22.5 Å². The van der Waals surface area contributed by atoms with Crippen LogP contribution < -0.4 is 10.7 Å². The summed E-state index contributed by atoms with van der Waals surface area (Å²) in [5.41, 5.74) is 2.43. The maximum absolute atomic E-state index is 15.3. The van der Waals surface area contributed by atoms with E-state index in [9.17, 15) is 13.2 Å². The van der Waals surface area contributed by atoms with Gasteiger partial charge in [-0.15, -0.1) is 5.10 Å². The molecule has 2 aromatic carbocycles. The lowest BCUT2D eigenvalue weighted by Gasteiger charge is -2.42. The van der Waals surface area contributed by atoms with Gasteiger partial charge >= 0.3 is 5.76 Å². The number of hydrogen-bond acceptors (Lipinski definition) is 7. The molecule has 3 aromatic rings. The Labute approximate surface area is 226 Å². The number of aromatic nitrogens is 2. The predicted molar refractivity (Wildman–Crippen MR) is 143 cm³/mol. The van der Waals surface area contributed by atoms with E-state index in [1.807, 2.05) is 11.8 Å². The normalized spacial score (nSPS) is 19.4. The third-order valence-corrected chi connectivity index (χ3v) is 9.82. The summed E-state index contributed by atoms with van der Waals surface area (Å²) in [6.45, 7) is 8.67. The van der Waals surface area contributed by atoms with Crippen molar-refractivity contribution in [2.24, 2.45) is 0 Å². The molecule has 2 aliphatic heterocycles. The van der Waals surface area contributed by atoms with Crippen molar-refractivity contribution in [2.45, 2.75) is 50.5 Å². The van der Waals surface area contributed by atoms with Crippen LogP contribution in [0.4, 0.5) is 10.1 Å². The summed E-state index contributed by atoms with van der Waals surface area (Å²) >= 11 is 6.29. The highest BCUT2D eigenvalue weighted by Crippen LogP contribution is 2.44. The second kappa shape index (κ2) is 10.4. The van der Waals surface area contributed by atoms with Gasteiger partial charge < -0.3 is 14.2 Å². The lowest BCUT2D eigenvalue weighted by molar-refractivity contribution is 0.231. The zero-order chi connectivity index (χ0) is 27.2. The van der Waals surface area contributed by atoms with E-state index in [1.54, 1.807) is 26.0 Å². The van der Waals surface area contributed by atoms with Crippen molar-refractivity contribution < 1.29 is 17.2 Å². The highest BCUT2D eigenvalue weighted by molar-refractivity contribution is 7.89. The van der Waals surface area contributed by atoms with Gasteiger partial charge in [0.2, 0.25) is 15.9 Å². The van der Waals surface area contributed by atoms with Gasteiger partial charge in [0.1, 0.15) is 16.8 Å². The van der Waals surface area contributed by atoms with E-state index in [0.717, 1.165) is 38.0 Å². The molecule has 1 saturated heterocycles. The molecule has 0 spiro atoms. The minimum Gasteiger partial charge on any atom is -0.391 e. The monoisotopic (exact) mass is 563 g/mol. The van der Waals surface area contributed by atoms with Crippen LogP contribution in [0.3, 0.4) is 0 Å². The van der Waals surface area contributed by atoms with Crippen molar-refractivity contribution in [3.05, 3.63) is 74.3 Å². The quantitative estimate of drug-likeness (QED) is 0.460. The number of sulfonamides is 1. The summed E-state index contributed by atoms with van der Waals surface area (Å²) in [7, 11) is -4.12. The Balaban J connectivity index is 1.63. The van der Waals surface area contributed by atoms with Crippen LogP contribution in [0.2, 0.25) is 5.02 Å². The number of rotatable bonds is 7. The fourth-order valence-electron chi connectivity index (χ4n) is 5.58. The van der Waals surface area contributed by atoms with E-state index in [-0.39, 0.29) is 17.5 Å². The van der Waals surface area contributed by atoms with Gasteiger partial charge in [-0.05, 0) is 80.7 Å². The molecule has 3 heterocycles. The van der Waals surface area contributed by atoms with Crippen LogP contribution in [0.5, 0.6) is 0 Å². The van der Waals surface area contributed by atoms with Crippen LogP contribution in [0, 0.1) is 19.7 Å². The molecular weight excluding hydrogens is 533 g/mol. The fraction of sp³-hybridized carbons (Fsp3) is 0.462. The molecule has 0 bridgehead atoms. The van der Waals surface area contributed by atoms with Gasteiger partial charge in [-0.2, -0.15) is 4.31 Å². The highest BCUT2D eigenvalue weighted by atomic mass is 35.5. The molecule has 38 heavy (non-hydrogen) atoms. The molecular formula is C26H31ClFN5O4S. The van der Waals surface area contributed by atoms with Crippen LogP contribution in [0.15, 0.2) is 44.4 Å². The molecule has 5 rings (SSSR count). The third kappa shape index (κ3) is 4.88. The number of aryl methyl sites for hydroxylation is 1. The molecule has 2 aliphatic rings.